The molecule has 3 aromatic carbocycles. The number of hydrogen-bond donors (Lipinski definition) is 3. The number of aliphatic hydroxyl groups is 1. The molecular formula is C52H73N5O2. The van der Waals surface area contributed by atoms with E-state index in [1.165, 1.54) is 70.5 Å². The van der Waals surface area contributed by atoms with E-state index in [0.717, 1.165) is 79.1 Å². The number of aldehydes is 1. The van der Waals surface area contributed by atoms with Gasteiger partial charge in [-0.25, -0.2) is 4.99 Å². The first-order valence-electron chi connectivity index (χ1n) is 22.3. The third-order valence-corrected chi connectivity index (χ3v) is 10.9. The van der Waals surface area contributed by atoms with Crippen molar-refractivity contribution in [3.63, 3.8) is 0 Å². The standard InChI is InChI=1S/C40H46N4O2.C12H27N/c1-32(36-20-11-7-12-21-36)39(28-41)40(42-31-43(2)37-22-24-38(46)25-23-37)44(29-34-16-9-6-10-17-34)30-35-19-14-18-33(27-35)15-8-4-3-5-13-26-45;1-3-4-5-6-7-8-9-10-11-12-13-2/h6-7,9-12,14,16-21,26-28,31,37-38,41,46H,1,3-5,13,22-25,29-30H2,2H3;13H,3-12H2,1-2H3/b40-39-,41-28?,42-31-;. The highest BCUT2D eigenvalue weighted by Gasteiger charge is 2.23. The molecule has 1 fully saturated rings. The zero-order valence-electron chi connectivity index (χ0n) is 36.5. The molecule has 3 aromatic rings. The van der Waals surface area contributed by atoms with Gasteiger partial charge in [0, 0.05) is 56.4 Å². The van der Waals surface area contributed by atoms with Crippen LogP contribution in [0.4, 0.5) is 0 Å². The van der Waals surface area contributed by atoms with Crippen molar-refractivity contribution < 1.29 is 9.90 Å². The fourth-order valence-electron chi connectivity index (χ4n) is 7.30. The van der Waals surface area contributed by atoms with Crippen LogP contribution in [0.5, 0.6) is 0 Å². The average molecular weight is 800 g/mol. The summed E-state index contributed by atoms with van der Waals surface area (Å²) in [5, 5.41) is 21.8. The topological polar surface area (TPSA) is 92.0 Å². The maximum atomic E-state index is 10.6. The van der Waals surface area contributed by atoms with E-state index in [1.54, 1.807) is 0 Å². The molecular weight excluding hydrogens is 727 g/mol. The van der Waals surface area contributed by atoms with E-state index in [2.05, 4.69) is 64.7 Å². The predicted octanol–water partition coefficient (Wildman–Crippen LogP) is 11.4. The first-order chi connectivity index (χ1) is 28.9. The Morgan fingerprint density at radius 3 is 2.12 bits per heavy atom. The Hall–Kier alpha value is -4.77. The fourth-order valence-corrected chi connectivity index (χ4v) is 7.30. The van der Waals surface area contributed by atoms with Crippen molar-refractivity contribution >= 4 is 24.4 Å². The lowest BCUT2D eigenvalue weighted by molar-refractivity contribution is -0.107. The summed E-state index contributed by atoms with van der Waals surface area (Å²) in [6, 6.07) is 28.8. The van der Waals surface area contributed by atoms with Gasteiger partial charge in [-0.1, -0.05) is 150 Å². The molecule has 0 aliphatic heterocycles. The molecule has 1 aliphatic rings. The van der Waals surface area contributed by atoms with Gasteiger partial charge in [-0.15, -0.1) is 0 Å². The molecule has 7 heteroatoms. The molecule has 1 saturated carbocycles. The van der Waals surface area contributed by atoms with Crippen LogP contribution < -0.4 is 5.32 Å². The van der Waals surface area contributed by atoms with Crippen molar-refractivity contribution in [2.75, 3.05) is 20.6 Å². The average Bonchev–Trinajstić information content (AvgIpc) is 3.26. The molecule has 0 saturated heterocycles. The third kappa shape index (κ3) is 19.7. The molecule has 3 N–H and O–H groups in total. The highest BCUT2D eigenvalue weighted by atomic mass is 16.3. The molecule has 318 valence electrons. The Balaban J connectivity index is 0.000000615. The predicted molar refractivity (Wildman–Crippen MR) is 250 cm³/mol. The minimum absolute atomic E-state index is 0.222. The van der Waals surface area contributed by atoms with Gasteiger partial charge in [-0.3, -0.25) is 0 Å². The van der Waals surface area contributed by atoms with Crippen LogP contribution in [-0.2, 0) is 17.9 Å². The smallest absolute Gasteiger partial charge is 0.140 e. The maximum absolute atomic E-state index is 10.6. The van der Waals surface area contributed by atoms with Gasteiger partial charge in [0.1, 0.15) is 12.1 Å². The van der Waals surface area contributed by atoms with Crippen LogP contribution in [0, 0.1) is 17.3 Å². The summed E-state index contributed by atoms with van der Waals surface area (Å²) in [7, 11) is 4.08. The molecule has 0 heterocycles. The third-order valence-electron chi connectivity index (χ3n) is 10.9. The lowest BCUT2D eigenvalue weighted by Gasteiger charge is -2.32. The molecule has 0 amide bonds. The van der Waals surface area contributed by atoms with E-state index in [4.69, 9.17) is 10.4 Å². The summed E-state index contributed by atoms with van der Waals surface area (Å²) in [6.07, 6.45) is 23.3. The molecule has 7 nitrogen and oxygen atoms in total. The Labute approximate surface area is 357 Å². The highest BCUT2D eigenvalue weighted by molar-refractivity contribution is 5.99. The first kappa shape index (κ1) is 48.6. The normalized spacial score (nSPS) is 15.3. The van der Waals surface area contributed by atoms with Crippen LogP contribution >= 0.6 is 0 Å². The van der Waals surface area contributed by atoms with Crippen LogP contribution in [0.3, 0.4) is 0 Å². The van der Waals surface area contributed by atoms with E-state index in [9.17, 15) is 9.90 Å². The number of unbranched alkanes of at least 4 members (excludes halogenated alkanes) is 11. The SMILES string of the molecule is C=C(/C(C=N)=C(/N=C\N(C)C1CCC(O)CC1)N(Cc1ccccc1)Cc1cccc(C#CCCCCC=O)c1)c1ccccc1.CCCCCCCCCCCNC. The van der Waals surface area contributed by atoms with E-state index in [1.807, 2.05) is 81.1 Å². The quantitative estimate of drug-likeness (QED) is 0.0198. The number of carbonyl (C=O) groups excluding carboxylic acids is 1. The molecule has 1 aliphatic carbocycles. The van der Waals surface area contributed by atoms with Crippen LogP contribution in [0.15, 0.2) is 108 Å². The van der Waals surface area contributed by atoms with Gasteiger partial charge in [-0.05, 0) is 92.9 Å². The summed E-state index contributed by atoms with van der Waals surface area (Å²) in [6.45, 7) is 9.02. The van der Waals surface area contributed by atoms with Crippen molar-refractivity contribution in [2.24, 2.45) is 4.99 Å². The summed E-state index contributed by atoms with van der Waals surface area (Å²) in [5.74, 6) is 7.22. The number of nitrogens with zero attached hydrogens (tertiary/aromatic N) is 3. The Bertz CT molecular complexity index is 1720. The molecule has 0 spiro atoms. The molecule has 59 heavy (non-hydrogen) atoms. The van der Waals surface area contributed by atoms with Gasteiger partial charge in [0.05, 0.1) is 12.4 Å². The number of allylic oxidation sites excluding steroid dienone is 2. The summed E-state index contributed by atoms with van der Waals surface area (Å²) < 4.78 is 0. The van der Waals surface area contributed by atoms with Gasteiger partial charge < -0.3 is 30.4 Å². The van der Waals surface area contributed by atoms with E-state index >= 15 is 0 Å². The van der Waals surface area contributed by atoms with Crippen molar-refractivity contribution in [2.45, 2.75) is 141 Å². The number of rotatable bonds is 25. The zero-order valence-corrected chi connectivity index (χ0v) is 36.5. The molecule has 0 bridgehead atoms. The minimum atomic E-state index is -0.222. The fraction of sp³-hybridized carbons (Fsp3) is 0.481. The van der Waals surface area contributed by atoms with Crippen molar-refractivity contribution in [1.82, 2.24) is 15.1 Å². The Morgan fingerprint density at radius 2 is 1.47 bits per heavy atom. The zero-order chi connectivity index (χ0) is 42.3. The lowest BCUT2D eigenvalue weighted by Crippen LogP contribution is -2.35. The number of aliphatic hydroxyl groups excluding tert-OH is 1. The Kier molecular flexibility index (Phi) is 25.0. The summed E-state index contributed by atoms with van der Waals surface area (Å²) in [4.78, 5) is 20.1. The van der Waals surface area contributed by atoms with Gasteiger partial charge >= 0.3 is 0 Å². The van der Waals surface area contributed by atoms with Crippen LogP contribution in [0.1, 0.15) is 138 Å². The summed E-state index contributed by atoms with van der Waals surface area (Å²) in [5.41, 5.74) is 5.48. The number of carbonyl (C=O) groups is 1. The summed E-state index contributed by atoms with van der Waals surface area (Å²) >= 11 is 0. The van der Waals surface area contributed by atoms with Crippen LogP contribution in [0.25, 0.3) is 5.57 Å². The first-order valence-corrected chi connectivity index (χ1v) is 22.3. The minimum Gasteiger partial charge on any atom is -0.393 e. The number of nitrogens with one attached hydrogen (secondary N) is 2. The monoisotopic (exact) mass is 800 g/mol. The van der Waals surface area contributed by atoms with Crippen molar-refractivity contribution in [3.8, 4) is 11.8 Å². The van der Waals surface area contributed by atoms with Gasteiger partial charge in [0.15, 0.2) is 0 Å². The number of aliphatic imine (C=N–C) groups is 1. The van der Waals surface area contributed by atoms with E-state index in [-0.39, 0.29) is 6.10 Å². The largest absolute Gasteiger partial charge is 0.393 e. The second-order valence-electron chi connectivity index (χ2n) is 15.8. The van der Waals surface area contributed by atoms with Gasteiger partial charge in [0.25, 0.3) is 0 Å². The van der Waals surface area contributed by atoms with Crippen LogP contribution in [0.2, 0.25) is 0 Å². The highest BCUT2D eigenvalue weighted by Crippen LogP contribution is 2.28. The molecule has 4 rings (SSSR count). The van der Waals surface area contributed by atoms with Gasteiger partial charge in [-0.2, -0.15) is 0 Å². The Morgan fingerprint density at radius 1 is 0.847 bits per heavy atom. The maximum Gasteiger partial charge on any atom is 0.140 e. The van der Waals surface area contributed by atoms with Crippen LogP contribution in [-0.4, -0.2) is 66.5 Å². The van der Waals surface area contributed by atoms with Crippen molar-refractivity contribution in [3.05, 3.63) is 125 Å². The molecule has 0 unspecified atom stereocenters. The second kappa shape index (κ2) is 30.3. The molecule has 0 atom stereocenters. The molecule has 0 aromatic heterocycles. The number of hydrogen-bond acceptors (Lipinski definition) is 6. The number of benzene rings is 3. The van der Waals surface area contributed by atoms with E-state index < -0.39 is 0 Å². The second-order valence-corrected chi connectivity index (χ2v) is 15.8. The van der Waals surface area contributed by atoms with Gasteiger partial charge in [0.2, 0.25) is 0 Å². The van der Waals surface area contributed by atoms with E-state index in [0.29, 0.717) is 36.9 Å². The lowest BCUT2D eigenvalue weighted by atomic mass is 9.92. The van der Waals surface area contributed by atoms with Crippen molar-refractivity contribution in [1.29, 1.82) is 5.41 Å². The molecule has 0 radical (unpaired) electrons.